The van der Waals surface area contributed by atoms with E-state index in [4.69, 9.17) is 0 Å². The third-order valence-electron chi connectivity index (χ3n) is 3.88. The van der Waals surface area contributed by atoms with E-state index in [1.165, 1.54) is 0 Å². The lowest BCUT2D eigenvalue weighted by Crippen LogP contribution is -2.40. The fraction of sp³-hybridized carbons (Fsp3) is 0.389. The summed E-state index contributed by atoms with van der Waals surface area (Å²) in [6, 6.07) is 13.2. The van der Waals surface area contributed by atoms with Gasteiger partial charge in [0.05, 0.1) is 12.3 Å². The van der Waals surface area contributed by atoms with Crippen molar-refractivity contribution in [3.63, 3.8) is 0 Å². The Hall–Kier alpha value is -1.91. The molecule has 0 unspecified atom stereocenters. The molecule has 1 aromatic heterocycles. The van der Waals surface area contributed by atoms with Crippen LogP contribution in [0.1, 0.15) is 25.1 Å². The number of aromatic hydroxyl groups is 1. The molecule has 0 aliphatic heterocycles. The normalized spacial score (nSPS) is 12.8. The molecule has 0 radical (unpaired) electrons. The van der Waals surface area contributed by atoms with Gasteiger partial charge in [0.2, 0.25) is 0 Å². The second kappa shape index (κ2) is 7.92. The van der Waals surface area contributed by atoms with Gasteiger partial charge in [-0.3, -0.25) is 9.88 Å². The lowest BCUT2D eigenvalue weighted by atomic mass is 10.0. The quantitative estimate of drug-likeness (QED) is 0.825. The van der Waals surface area contributed by atoms with Crippen LogP contribution in [-0.4, -0.2) is 32.7 Å². The van der Waals surface area contributed by atoms with Crippen LogP contribution < -0.4 is 0 Å². The van der Waals surface area contributed by atoms with Crippen molar-refractivity contribution in [1.29, 1.82) is 0 Å². The van der Waals surface area contributed by atoms with Crippen molar-refractivity contribution in [2.45, 2.75) is 33.0 Å². The van der Waals surface area contributed by atoms with Gasteiger partial charge in [-0.1, -0.05) is 38.1 Å². The molecule has 0 saturated heterocycles. The minimum absolute atomic E-state index is 0.0154. The second-order valence-electron chi connectivity index (χ2n) is 5.85. The van der Waals surface area contributed by atoms with Gasteiger partial charge < -0.3 is 10.2 Å². The fourth-order valence-corrected chi connectivity index (χ4v) is 2.60. The zero-order valence-corrected chi connectivity index (χ0v) is 13.2. The molecule has 0 saturated carbocycles. The number of para-hydroxylation sites is 1. The van der Waals surface area contributed by atoms with Crippen LogP contribution in [0, 0.1) is 5.92 Å². The highest BCUT2D eigenvalue weighted by Crippen LogP contribution is 2.22. The first-order chi connectivity index (χ1) is 10.6. The van der Waals surface area contributed by atoms with Crippen molar-refractivity contribution >= 4 is 0 Å². The standard InChI is InChI=1S/C18H24N2O2/c1-14(2)17(13-21)20(12-16-8-5-6-10-19-16)11-15-7-3-4-9-18(15)22/h3-10,14,17,21-22H,11-13H2,1-2H3/t17-/m1/s1. The van der Waals surface area contributed by atoms with E-state index in [0.717, 1.165) is 11.3 Å². The summed E-state index contributed by atoms with van der Waals surface area (Å²) < 4.78 is 0. The van der Waals surface area contributed by atoms with Gasteiger partial charge in [0.25, 0.3) is 0 Å². The maximum Gasteiger partial charge on any atom is 0.120 e. The van der Waals surface area contributed by atoms with Crippen LogP contribution in [0.15, 0.2) is 48.7 Å². The molecule has 2 N–H and O–H groups in total. The summed E-state index contributed by atoms with van der Waals surface area (Å²) in [6.07, 6.45) is 1.77. The van der Waals surface area contributed by atoms with Crippen molar-refractivity contribution < 1.29 is 10.2 Å². The molecule has 2 aromatic rings. The highest BCUT2D eigenvalue weighted by atomic mass is 16.3. The van der Waals surface area contributed by atoms with E-state index in [2.05, 4.69) is 23.7 Å². The van der Waals surface area contributed by atoms with Crippen LogP contribution in [0.2, 0.25) is 0 Å². The van der Waals surface area contributed by atoms with Gasteiger partial charge in [0.15, 0.2) is 0 Å². The topological polar surface area (TPSA) is 56.6 Å². The van der Waals surface area contributed by atoms with Gasteiger partial charge in [-0.15, -0.1) is 0 Å². The molecule has 0 aliphatic rings. The zero-order chi connectivity index (χ0) is 15.9. The maximum atomic E-state index is 10.0. The molecule has 22 heavy (non-hydrogen) atoms. The first-order valence-electron chi connectivity index (χ1n) is 7.63. The lowest BCUT2D eigenvalue weighted by Gasteiger charge is -2.33. The average Bonchev–Trinajstić information content (AvgIpc) is 2.51. The number of phenols is 1. The summed E-state index contributed by atoms with van der Waals surface area (Å²) in [5.74, 6) is 0.591. The summed E-state index contributed by atoms with van der Waals surface area (Å²) in [7, 11) is 0. The molecule has 0 bridgehead atoms. The Morgan fingerprint density at radius 3 is 2.36 bits per heavy atom. The number of phenolic OH excluding ortho intramolecular Hbond substituents is 1. The van der Waals surface area contributed by atoms with E-state index in [-0.39, 0.29) is 18.4 Å². The highest BCUT2D eigenvalue weighted by Gasteiger charge is 2.22. The van der Waals surface area contributed by atoms with Gasteiger partial charge in [-0.25, -0.2) is 0 Å². The summed E-state index contributed by atoms with van der Waals surface area (Å²) in [5, 5.41) is 19.8. The first kappa shape index (κ1) is 16.5. The number of hydrogen-bond donors (Lipinski definition) is 2. The Labute approximate surface area is 132 Å². The van der Waals surface area contributed by atoms with Crippen molar-refractivity contribution in [2.75, 3.05) is 6.61 Å². The Balaban J connectivity index is 2.23. The molecular formula is C18H24N2O2. The van der Waals surface area contributed by atoms with Crippen LogP contribution in [0.4, 0.5) is 0 Å². The molecule has 1 atom stereocenters. The zero-order valence-electron chi connectivity index (χ0n) is 13.2. The maximum absolute atomic E-state index is 10.0. The number of rotatable bonds is 7. The van der Waals surface area contributed by atoms with Gasteiger partial charge in [-0.2, -0.15) is 0 Å². The fourth-order valence-electron chi connectivity index (χ4n) is 2.60. The van der Waals surface area contributed by atoms with Gasteiger partial charge in [0.1, 0.15) is 5.75 Å². The van der Waals surface area contributed by atoms with Crippen LogP contribution in [0.5, 0.6) is 5.75 Å². The van der Waals surface area contributed by atoms with E-state index in [1.54, 1.807) is 12.3 Å². The summed E-state index contributed by atoms with van der Waals surface area (Å²) >= 11 is 0. The Kier molecular flexibility index (Phi) is 5.92. The summed E-state index contributed by atoms with van der Waals surface area (Å²) in [4.78, 5) is 6.54. The van der Waals surface area contributed by atoms with Crippen molar-refractivity contribution in [2.24, 2.45) is 5.92 Å². The molecular weight excluding hydrogens is 276 g/mol. The van der Waals surface area contributed by atoms with E-state index in [0.29, 0.717) is 19.0 Å². The highest BCUT2D eigenvalue weighted by molar-refractivity contribution is 5.31. The third kappa shape index (κ3) is 4.29. The van der Waals surface area contributed by atoms with Gasteiger partial charge >= 0.3 is 0 Å². The molecule has 4 nitrogen and oxygen atoms in total. The van der Waals surface area contributed by atoms with E-state index in [1.807, 2.05) is 36.4 Å². The van der Waals surface area contributed by atoms with E-state index >= 15 is 0 Å². The van der Waals surface area contributed by atoms with Gasteiger partial charge in [-0.05, 0) is 24.1 Å². The monoisotopic (exact) mass is 300 g/mol. The van der Waals surface area contributed by atoms with E-state index in [9.17, 15) is 10.2 Å². The first-order valence-corrected chi connectivity index (χ1v) is 7.63. The lowest BCUT2D eigenvalue weighted by molar-refractivity contribution is 0.0768. The Bertz CT molecular complexity index is 572. The Morgan fingerprint density at radius 2 is 1.77 bits per heavy atom. The molecule has 0 amide bonds. The van der Waals surface area contributed by atoms with Gasteiger partial charge in [0, 0.05) is 30.9 Å². The summed E-state index contributed by atoms with van der Waals surface area (Å²) in [6.45, 7) is 5.48. The van der Waals surface area contributed by atoms with E-state index < -0.39 is 0 Å². The molecule has 1 aromatic carbocycles. The largest absolute Gasteiger partial charge is 0.508 e. The van der Waals surface area contributed by atoms with Crippen LogP contribution >= 0.6 is 0 Å². The number of hydrogen-bond acceptors (Lipinski definition) is 4. The van der Waals surface area contributed by atoms with Crippen LogP contribution in [0.3, 0.4) is 0 Å². The predicted octanol–water partition coefficient (Wildman–Crippen LogP) is 2.81. The summed E-state index contributed by atoms with van der Waals surface area (Å²) in [5.41, 5.74) is 1.81. The Morgan fingerprint density at radius 1 is 1.05 bits per heavy atom. The van der Waals surface area contributed by atoms with Crippen LogP contribution in [0.25, 0.3) is 0 Å². The number of pyridine rings is 1. The number of benzene rings is 1. The minimum atomic E-state index is 0.0154. The van der Waals surface area contributed by atoms with Crippen molar-refractivity contribution in [1.82, 2.24) is 9.88 Å². The van der Waals surface area contributed by atoms with Crippen molar-refractivity contribution in [3.05, 3.63) is 59.9 Å². The molecule has 0 fully saturated rings. The molecule has 0 spiro atoms. The van der Waals surface area contributed by atoms with Crippen LogP contribution in [-0.2, 0) is 13.1 Å². The number of aliphatic hydroxyl groups excluding tert-OH is 1. The minimum Gasteiger partial charge on any atom is -0.508 e. The number of nitrogens with zero attached hydrogens (tertiary/aromatic N) is 2. The molecule has 118 valence electrons. The molecule has 4 heteroatoms. The molecule has 1 heterocycles. The molecule has 0 aliphatic carbocycles. The predicted molar refractivity (Wildman–Crippen MR) is 87.3 cm³/mol. The SMILES string of the molecule is CC(C)[C@@H](CO)N(Cc1ccccn1)Cc1ccccc1O. The average molecular weight is 300 g/mol. The third-order valence-corrected chi connectivity index (χ3v) is 3.88. The second-order valence-corrected chi connectivity index (χ2v) is 5.85. The number of aromatic nitrogens is 1. The molecule has 2 rings (SSSR count). The van der Waals surface area contributed by atoms with Crippen molar-refractivity contribution in [3.8, 4) is 5.75 Å². The number of aliphatic hydroxyl groups is 1. The smallest absolute Gasteiger partial charge is 0.120 e.